The number of nitrogens with zero attached hydrogens (tertiary/aromatic N) is 3. The van der Waals surface area contributed by atoms with Crippen LogP contribution in [0.15, 0.2) is 54.6 Å². The molecular weight excluding hydrogens is 454 g/mol. The first-order valence-electron chi connectivity index (χ1n) is 11.6. The van der Waals surface area contributed by atoms with Crippen LogP contribution in [-0.4, -0.2) is 65.4 Å². The van der Waals surface area contributed by atoms with E-state index in [9.17, 15) is 5.11 Å². The molecule has 182 valence electrons. The number of aliphatic hydroxyl groups excluding tert-OH is 1. The van der Waals surface area contributed by atoms with Gasteiger partial charge in [0.2, 0.25) is 5.88 Å². The molecular formula is C26H32ClN3O4. The summed E-state index contributed by atoms with van der Waals surface area (Å²) in [7, 11) is 1.59. The molecule has 0 saturated carbocycles. The quantitative estimate of drug-likeness (QED) is 0.427. The van der Waals surface area contributed by atoms with Crippen molar-refractivity contribution >= 4 is 11.6 Å². The van der Waals surface area contributed by atoms with Gasteiger partial charge in [-0.15, -0.1) is 0 Å². The molecule has 2 heterocycles. The first-order valence-corrected chi connectivity index (χ1v) is 12.0. The number of halogens is 1. The summed E-state index contributed by atoms with van der Waals surface area (Å²) in [5.41, 5.74) is 2.68. The lowest BCUT2D eigenvalue weighted by Crippen LogP contribution is -2.39. The van der Waals surface area contributed by atoms with E-state index in [1.165, 1.54) is 0 Å². The molecule has 7 nitrogen and oxygen atoms in total. The number of hydrogen-bond acceptors (Lipinski definition) is 6. The molecule has 1 saturated heterocycles. The highest BCUT2D eigenvalue weighted by Crippen LogP contribution is 2.35. The minimum atomic E-state index is -0.608. The van der Waals surface area contributed by atoms with Gasteiger partial charge in [-0.2, -0.15) is 5.10 Å². The third-order valence-corrected chi connectivity index (χ3v) is 6.19. The molecule has 1 fully saturated rings. The molecule has 1 aliphatic rings. The average molecular weight is 486 g/mol. The zero-order valence-electron chi connectivity index (χ0n) is 19.7. The second-order valence-electron chi connectivity index (χ2n) is 8.59. The van der Waals surface area contributed by atoms with Gasteiger partial charge in [0.15, 0.2) is 0 Å². The Bertz CT molecular complexity index is 1050. The monoisotopic (exact) mass is 485 g/mol. The molecule has 34 heavy (non-hydrogen) atoms. The van der Waals surface area contributed by atoms with E-state index in [-0.39, 0.29) is 12.7 Å². The summed E-state index contributed by atoms with van der Waals surface area (Å²) in [6.45, 7) is 4.73. The molecule has 0 radical (unpaired) electrons. The summed E-state index contributed by atoms with van der Waals surface area (Å²) in [5, 5.41) is 15.8. The standard InChI is InChI=1S/C26H32ClN3O4/c1-19-23(17-29(15-21(31)18-32-2)16-22-11-8-14-33-22)26(34-25-13-7-6-12-24(25)27)30(28-19)20-9-4-3-5-10-20/h3-7,9-10,12-13,21-22,31H,8,11,14-18H2,1-2H3. The number of aliphatic hydroxyl groups is 1. The number of rotatable bonds is 11. The zero-order valence-corrected chi connectivity index (χ0v) is 20.4. The van der Waals surface area contributed by atoms with E-state index in [4.69, 9.17) is 30.9 Å². The van der Waals surface area contributed by atoms with Gasteiger partial charge < -0.3 is 19.3 Å². The second kappa shape index (κ2) is 11.8. The molecule has 2 atom stereocenters. The Kier molecular flexibility index (Phi) is 8.59. The van der Waals surface area contributed by atoms with Gasteiger partial charge in [0.25, 0.3) is 0 Å². The molecule has 0 amide bonds. The fraction of sp³-hybridized carbons (Fsp3) is 0.423. The van der Waals surface area contributed by atoms with Crippen molar-refractivity contribution in [3.63, 3.8) is 0 Å². The minimum absolute atomic E-state index is 0.146. The maximum absolute atomic E-state index is 10.5. The van der Waals surface area contributed by atoms with Gasteiger partial charge in [-0.3, -0.25) is 4.90 Å². The maximum Gasteiger partial charge on any atom is 0.227 e. The van der Waals surface area contributed by atoms with Crippen LogP contribution >= 0.6 is 11.6 Å². The van der Waals surface area contributed by atoms with Crippen molar-refractivity contribution in [2.24, 2.45) is 0 Å². The highest BCUT2D eigenvalue weighted by atomic mass is 35.5. The summed E-state index contributed by atoms with van der Waals surface area (Å²) >= 11 is 6.43. The van der Waals surface area contributed by atoms with E-state index in [2.05, 4.69) is 4.90 Å². The summed E-state index contributed by atoms with van der Waals surface area (Å²) in [5.74, 6) is 1.17. The van der Waals surface area contributed by atoms with Crippen LogP contribution in [0.5, 0.6) is 11.6 Å². The van der Waals surface area contributed by atoms with E-state index in [1.807, 2.05) is 60.1 Å². The first-order chi connectivity index (χ1) is 16.5. The van der Waals surface area contributed by atoms with Crippen LogP contribution in [0.3, 0.4) is 0 Å². The predicted octanol–water partition coefficient (Wildman–Crippen LogP) is 4.61. The SMILES string of the molecule is COCC(O)CN(Cc1c(C)nn(-c2ccccc2)c1Oc1ccccc1Cl)CC1CCCO1. The van der Waals surface area contributed by atoms with Crippen molar-refractivity contribution in [1.29, 1.82) is 0 Å². The highest BCUT2D eigenvalue weighted by Gasteiger charge is 2.26. The van der Waals surface area contributed by atoms with Crippen molar-refractivity contribution < 1.29 is 19.3 Å². The number of benzene rings is 2. The van der Waals surface area contributed by atoms with Gasteiger partial charge >= 0.3 is 0 Å². The largest absolute Gasteiger partial charge is 0.437 e. The van der Waals surface area contributed by atoms with Crippen molar-refractivity contribution in [3.05, 3.63) is 70.9 Å². The van der Waals surface area contributed by atoms with E-state index in [1.54, 1.807) is 13.2 Å². The Morgan fingerprint density at radius 2 is 1.97 bits per heavy atom. The van der Waals surface area contributed by atoms with E-state index < -0.39 is 6.10 Å². The second-order valence-corrected chi connectivity index (χ2v) is 8.99. The van der Waals surface area contributed by atoms with Gasteiger partial charge in [-0.25, -0.2) is 4.68 Å². The summed E-state index contributed by atoms with van der Waals surface area (Å²) < 4.78 is 19.3. The van der Waals surface area contributed by atoms with Gasteiger partial charge in [-0.05, 0) is 44.0 Å². The Balaban J connectivity index is 1.69. The van der Waals surface area contributed by atoms with E-state index in [0.717, 1.165) is 36.4 Å². The number of para-hydroxylation sites is 2. The highest BCUT2D eigenvalue weighted by molar-refractivity contribution is 6.32. The summed E-state index contributed by atoms with van der Waals surface area (Å²) in [6, 6.07) is 17.3. The molecule has 1 N–H and O–H groups in total. The molecule has 4 rings (SSSR count). The van der Waals surface area contributed by atoms with Crippen LogP contribution in [0.25, 0.3) is 5.69 Å². The number of ether oxygens (including phenoxy) is 3. The number of aryl methyl sites for hydroxylation is 1. The number of aromatic nitrogens is 2. The Morgan fingerprint density at radius 3 is 2.68 bits per heavy atom. The zero-order chi connectivity index (χ0) is 23.9. The van der Waals surface area contributed by atoms with E-state index >= 15 is 0 Å². The van der Waals surface area contributed by atoms with Gasteiger partial charge in [0.05, 0.1) is 40.8 Å². The third-order valence-electron chi connectivity index (χ3n) is 5.88. The first kappa shape index (κ1) is 24.7. The van der Waals surface area contributed by atoms with Crippen molar-refractivity contribution in [1.82, 2.24) is 14.7 Å². The van der Waals surface area contributed by atoms with Crippen LogP contribution in [0.2, 0.25) is 5.02 Å². The normalized spacial score (nSPS) is 16.8. The van der Waals surface area contributed by atoms with Crippen molar-refractivity contribution in [3.8, 4) is 17.3 Å². The fourth-order valence-electron chi connectivity index (χ4n) is 4.25. The Labute approximate surface area is 205 Å². The average Bonchev–Trinajstić information content (AvgIpc) is 3.45. The van der Waals surface area contributed by atoms with Crippen molar-refractivity contribution in [2.75, 3.05) is 33.4 Å². The Hall–Kier alpha value is -2.42. The number of hydrogen-bond donors (Lipinski definition) is 1. The predicted molar refractivity (Wildman–Crippen MR) is 132 cm³/mol. The lowest BCUT2D eigenvalue weighted by atomic mass is 10.1. The molecule has 2 aromatic carbocycles. The molecule has 0 spiro atoms. The van der Waals surface area contributed by atoms with Crippen LogP contribution in [0, 0.1) is 6.92 Å². The molecule has 1 aliphatic heterocycles. The molecule has 8 heteroatoms. The molecule has 1 aromatic heterocycles. The van der Waals surface area contributed by atoms with E-state index in [0.29, 0.717) is 36.3 Å². The van der Waals surface area contributed by atoms with Crippen LogP contribution < -0.4 is 4.74 Å². The van der Waals surface area contributed by atoms with Gasteiger partial charge in [0, 0.05) is 33.4 Å². The maximum atomic E-state index is 10.5. The molecule has 0 bridgehead atoms. The van der Waals surface area contributed by atoms with Gasteiger partial charge in [-0.1, -0.05) is 41.9 Å². The Morgan fingerprint density at radius 1 is 1.21 bits per heavy atom. The van der Waals surface area contributed by atoms with Crippen LogP contribution in [0.4, 0.5) is 0 Å². The fourth-order valence-corrected chi connectivity index (χ4v) is 4.42. The number of methoxy groups -OCH3 is 1. The van der Waals surface area contributed by atoms with Gasteiger partial charge in [0.1, 0.15) is 5.75 Å². The molecule has 3 aromatic rings. The van der Waals surface area contributed by atoms with Crippen LogP contribution in [0.1, 0.15) is 24.1 Å². The molecule has 2 unspecified atom stereocenters. The molecule has 0 aliphatic carbocycles. The lowest BCUT2D eigenvalue weighted by Gasteiger charge is -2.27. The smallest absolute Gasteiger partial charge is 0.227 e. The summed E-state index contributed by atoms with van der Waals surface area (Å²) in [4.78, 5) is 2.19. The summed E-state index contributed by atoms with van der Waals surface area (Å²) in [6.07, 6.45) is 1.61. The topological polar surface area (TPSA) is 69.0 Å². The van der Waals surface area contributed by atoms with Crippen molar-refractivity contribution in [2.45, 2.75) is 38.5 Å². The third kappa shape index (κ3) is 6.17. The van der Waals surface area contributed by atoms with Crippen LogP contribution in [-0.2, 0) is 16.0 Å². The lowest BCUT2D eigenvalue weighted by molar-refractivity contribution is 0.0155. The minimum Gasteiger partial charge on any atom is -0.437 e.